The smallest absolute Gasteiger partial charge is 0.303 e. The van der Waals surface area contributed by atoms with E-state index in [1.807, 2.05) is 17.5 Å². The molecule has 0 radical (unpaired) electrons. The van der Waals surface area contributed by atoms with Gasteiger partial charge in [-0.2, -0.15) is 0 Å². The quantitative estimate of drug-likeness (QED) is 0.696. The number of thiophene rings is 1. The van der Waals surface area contributed by atoms with E-state index in [2.05, 4.69) is 5.32 Å². The number of nitrogens with zero attached hydrogens (tertiary/aromatic N) is 1. The van der Waals surface area contributed by atoms with Crippen molar-refractivity contribution in [1.29, 1.82) is 0 Å². The fourth-order valence-electron chi connectivity index (χ4n) is 1.42. The Kier molecular flexibility index (Phi) is 6.38. The first kappa shape index (κ1) is 14.7. The predicted octanol–water partition coefficient (Wildman–Crippen LogP) is 1.16. The third-order valence-electron chi connectivity index (χ3n) is 2.42. The molecule has 0 spiro atoms. The van der Waals surface area contributed by atoms with Gasteiger partial charge in [-0.3, -0.25) is 9.59 Å². The van der Waals surface area contributed by atoms with Crippen LogP contribution < -0.4 is 5.32 Å². The van der Waals surface area contributed by atoms with Crippen molar-refractivity contribution in [3.8, 4) is 0 Å². The molecule has 0 aliphatic rings. The molecule has 0 saturated heterocycles. The predicted molar refractivity (Wildman–Crippen MR) is 70.5 cm³/mol. The first-order valence-corrected chi connectivity index (χ1v) is 6.66. The highest BCUT2D eigenvalue weighted by Gasteiger charge is 2.09. The van der Waals surface area contributed by atoms with Crippen LogP contribution in [0, 0.1) is 0 Å². The van der Waals surface area contributed by atoms with E-state index >= 15 is 0 Å². The van der Waals surface area contributed by atoms with Gasteiger partial charge in [0.1, 0.15) is 0 Å². The van der Waals surface area contributed by atoms with Gasteiger partial charge in [0.25, 0.3) is 0 Å². The van der Waals surface area contributed by atoms with Crippen LogP contribution in [0.25, 0.3) is 0 Å². The van der Waals surface area contributed by atoms with E-state index in [0.29, 0.717) is 19.5 Å². The Morgan fingerprint density at radius 2 is 2.28 bits per heavy atom. The van der Waals surface area contributed by atoms with Crippen LogP contribution >= 0.6 is 11.3 Å². The molecule has 2 N–H and O–H groups in total. The summed E-state index contributed by atoms with van der Waals surface area (Å²) in [5.74, 6) is -0.795. The molecule has 0 fully saturated rings. The van der Waals surface area contributed by atoms with Gasteiger partial charge in [0, 0.05) is 18.3 Å². The summed E-state index contributed by atoms with van der Waals surface area (Å²) in [5.41, 5.74) is 0. The highest BCUT2D eigenvalue weighted by Crippen LogP contribution is 2.10. The second-order valence-electron chi connectivity index (χ2n) is 4.00. The van der Waals surface area contributed by atoms with E-state index in [-0.39, 0.29) is 18.9 Å². The van der Waals surface area contributed by atoms with Gasteiger partial charge >= 0.3 is 5.97 Å². The summed E-state index contributed by atoms with van der Waals surface area (Å²) < 4.78 is 0. The molecular formula is C12H18N2O3S. The van der Waals surface area contributed by atoms with Crippen LogP contribution in [-0.2, 0) is 16.1 Å². The highest BCUT2D eigenvalue weighted by molar-refractivity contribution is 7.09. The molecule has 5 nitrogen and oxygen atoms in total. The average Bonchev–Trinajstić information content (AvgIpc) is 2.80. The summed E-state index contributed by atoms with van der Waals surface area (Å²) in [4.78, 5) is 24.8. The van der Waals surface area contributed by atoms with Crippen molar-refractivity contribution < 1.29 is 14.7 Å². The number of aliphatic carboxylic acids is 1. The fraction of sp³-hybridized carbons (Fsp3) is 0.500. The Hall–Kier alpha value is -1.40. The zero-order valence-corrected chi connectivity index (χ0v) is 11.2. The van der Waals surface area contributed by atoms with E-state index in [4.69, 9.17) is 5.11 Å². The van der Waals surface area contributed by atoms with Crippen LogP contribution in [0.3, 0.4) is 0 Å². The lowest BCUT2D eigenvalue weighted by Gasteiger charge is -2.16. The Morgan fingerprint density at radius 1 is 1.50 bits per heavy atom. The molecule has 0 aliphatic carbocycles. The lowest BCUT2D eigenvalue weighted by Crippen LogP contribution is -2.35. The molecule has 0 atom stereocenters. The van der Waals surface area contributed by atoms with Gasteiger partial charge in [-0.15, -0.1) is 11.3 Å². The van der Waals surface area contributed by atoms with E-state index in [9.17, 15) is 9.59 Å². The SMILES string of the molecule is CN(Cc1cccs1)C(=O)CNCCCC(=O)O. The molecule has 1 amide bonds. The van der Waals surface area contributed by atoms with E-state index < -0.39 is 5.97 Å². The van der Waals surface area contributed by atoms with Crippen molar-refractivity contribution in [1.82, 2.24) is 10.2 Å². The molecule has 18 heavy (non-hydrogen) atoms. The maximum atomic E-state index is 11.7. The average molecular weight is 270 g/mol. The Bertz CT molecular complexity index is 379. The first-order valence-electron chi connectivity index (χ1n) is 5.78. The van der Waals surface area contributed by atoms with Gasteiger partial charge in [-0.25, -0.2) is 0 Å². The van der Waals surface area contributed by atoms with Crippen molar-refractivity contribution in [2.45, 2.75) is 19.4 Å². The van der Waals surface area contributed by atoms with Crippen LogP contribution in [0.15, 0.2) is 17.5 Å². The zero-order valence-electron chi connectivity index (χ0n) is 10.4. The summed E-state index contributed by atoms with van der Waals surface area (Å²) in [6.07, 6.45) is 0.670. The maximum Gasteiger partial charge on any atom is 0.303 e. The number of carboxylic acid groups (broad SMARTS) is 1. The van der Waals surface area contributed by atoms with Gasteiger partial charge in [-0.05, 0) is 24.4 Å². The number of nitrogens with one attached hydrogen (secondary N) is 1. The molecule has 1 heterocycles. The number of carbonyl (C=O) groups is 2. The maximum absolute atomic E-state index is 11.7. The summed E-state index contributed by atoms with van der Waals surface area (Å²) in [6, 6.07) is 3.96. The second kappa shape index (κ2) is 7.84. The molecular weight excluding hydrogens is 252 g/mol. The third kappa shape index (κ3) is 5.79. The lowest BCUT2D eigenvalue weighted by molar-refractivity contribution is -0.137. The van der Waals surface area contributed by atoms with Crippen molar-refractivity contribution in [2.24, 2.45) is 0 Å². The van der Waals surface area contributed by atoms with Gasteiger partial charge in [-0.1, -0.05) is 6.07 Å². The number of carbonyl (C=O) groups excluding carboxylic acids is 1. The molecule has 1 aromatic heterocycles. The van der Waals surface area contributed by atoms with Crippen LogP contribution in [-0.4, -0.2) is 42.0 Å². The zero-order chi connectivity index (χ0) is 13.4. The van der Waals surface area contributed by atoms with Crippen molar-refractivity contribution in [2.75, 3.05) is 20.1 Å². The summed E-state index contributed by atoms with van der Waals surface area (Å²) in [6.45, 7) is 1.42. The van der Waals surface area contributed by atoms with Gasteiger partial charge < -0.3 is 15.3 Å². The summed E-state index contributed by atoms with van der Waals surface area (Å²) in [7, 11) is 1.76. The number of carboxylic acids is 1. The minimum atomic E-state index is -0.807. The topological polar surface area (TPSA) is 69.6 Å². The number of likely N-dealkylation sites (N-methyl/N-ethyl adjacent to an activating group) is 1. The number of rotatable bonds is 8. The molecule has 0 saturated carbocycles. The van der Waals surface area contributed by atoms with Crippen LogP contribution in [0.5, 0.6) is 0 Å². The van der Waals surface area contributed by atoms with Crippen LogP contribution in [0.4, 0.5) is 0 Å². The summed E-state index contributed by atoms with van der Waals surface area (Å²) in [5, 5.41) is 13.4. The lowest BCUT2D eigenvalue weighted by atomic mass is 10.3. The van der Waals surface area contributed by atoms with Gasteiger partial charge in [0.15, 0.2) is 0 Å². The Morgan fingerprint density at radius 3 is 2.89 bits per heavy atom. The number of hydrogen-bond acceptors (Lipinski definition) is 4. The van der Waals surface area contributed by atoms with Crippen LogP contribution in [0.1, 0.15) is 17.7 Å². The Balaban J connectivity index is 2.14. The number of amides is 1. The van der Waals surface area contributed by atoms with Gasteiger partial charge in [0.05, 0.1) is 13.1 Å². The minimum Gasteiger partial charge on any atom is -0.481 e. The molecule has 0 bridgehead atoms. The Labute approximate surface area is 110 Å². The van der Waals surface area contributed by atoms with Crippen molar-refractivity contribution in [3.05, 3.63) is 22.4 Å². The largest absolute Gasteiger partial charge is 0.481 e. The highest BCUT2D eigenvalue weighted by atomic mass is 32.1. The minimum absolute atomic E-state index is 0.0127. The third-order valence-corrected chi connectivity index (χ3v) is 3.28. The second-order valence-corrected chi connectivity index (χ2v) is 5.04. The molecule has 1 rings (SSSR count). The fourth-order valence-corrected chi connectivity index (χ4v) is 2.18. The molecule has 1 aromatic rings. The van der Waals surface area contributed by atoms with E-state index in [1.54, 1.807) is 23.3 Å². The van der Waals surface area contributed by atoms with Gasteiger partial charge in [0.2, 0.25) is 5.91 Å². The van der Waals surface area contributed by atoms with Crippen molar-refractivity contribution >= 4 is 23.2 Å². The summed E-state index contributed by atoms with van der Waals surface area (Å²) >= 11 is 1.62. The number of hydrogen-bond donors (Lipinski definition) is 2. The normalized spacial score (nSPS) is 10.3. The van der Waals surface area contributed by atoms with E-state index in [0.717, 1.165) is 4.88 Å². The molecule has 0 aliphatic heterocycles. The molecule has 6 heteroatoms. The monoisotopic (exact) mass is 270 g/mol. The van der Waals surface area contributed by atoms with E-state index in [1.165, 1.54) is 0 Å². The standard InChI is InChI=1S/C12H18N2O3S/c1-14(9-10-4-3-7-18-10)11(15)8-13-6-2-5-12(16)17/h3-4,7,13H,2,5-6,8-9H2,1H3,(H,16,17). The first-order chi connectivity index (χ1) is 8.59. The van der Waals surface area contributed by atoms with Crippen LogP contribution in [0.2, 0.25) is 0 Å². The van der Waals surface area contributed by atoms with Crippen molar-refractivity contribution in [3.63, 3.8) is 0 Å². The molecule has 0 unspecified atom stereocenters. The molecule has 0 aromatic carbocycles. The molecule has 100 valence electrons.